The van der Waals surface area contributed by atoms with Gasteiger partial charge in [0.05, 0.1) is 17.1 Å². The Kier molecular flexibility index (Phi) is 6.61. The summed E-state index contributed by atoms with van der Waals surface area (Å²) in [5.74, 6) is 1.76. The number of aromatic nitrogens is 2. The normalized spacial score (nSPS) is 17.5. The number of fused-ring (bicyclic) bond motifs is 1. The molecule has 5 nitrogen and oxygen atoms in total. The fourth-order valence-electron chi connectivity index (χ4n) is 5.07. The van der Waals surface area contributed by atoms with Crippen molar-refractivity contribution in [3.05, 3.63) is 65.4 Å². The van der Waals surface area contributed by atoms with Crippen molar-refractivity contribution in [3.63, 3.8) is 0 Å². The second-order valence-electron chi connectivity index (χ2n) is 9.88. The lowest BCUT2D eigenvalue weighted by Crippen LogP contribution is -2.32. The zero-order valence-electron chi connectivity index (χ0n) is 20.3. The Hall–Kier alpha value is -3.21. The summed E-state index contributed by atoms with van der Waals surface area (Å²) in [6.07, 6.45) is 6.16. The predicted molar refractivity (Wildman–Crippen MR) is 138 cm³/mol. The summed E-state index contributed by atoms with van der Waals surface area (Å²) >= 11 is 0. The molecule has 0 saturated carbocycles. The molecule has 1 saturated heterocycles. The molecular weight excluding hydrogens is 420 g/mol. The molecule has 1 aromatic heterocycles. The minimum absolute atomic E-state index is 0.207. The number of hydrogen-bond acceptors (Lipinski definition) is 4. The molecule has 1 atom stereocenters. The van der Waals surface area contributed by atoms with Gasteiger partial charge in [0.2, 0.25) is 5.91 Å². The van der Waals surface area contributed by atoms with Crippen LogP contribution in [0.15, 0.2) is 48.5 Å². The maximum atomic E-state index is 11.5. The molecule has 2 aliphatic rings. The molecule has 176 valence electrons. The summed E-state index contributed by atoms with van der Waals surface area (Å²) < 4.78 is 0. The second-order valence-corrected chi connectivity index (χ2v) is 9.88. The number of rotatable bonds is 7. The van der Waals surface area contributed by atoms with Gasteiger partial charge in [0.15, 0.2) is 5.82 Å². The molecule has 2 aliphatic heterocycles. The molecule has 1 N–H and O–H groups in total. The van der Waals surface area contributed by atoms with E-state index in [1.807, 2.05) is 0 Å². The third-order valence-corrected chi connectivity index (χ3v) is 7.09. The highest BCUT2D eigenvalue weighted by Crippen LogP contribution is 2.35. The van der Waals surface area contributed by atoms with Gasteiger partial charge in [-0.05, 0) is 45.4 Å². The Morgan fingerprint density at radius 3 is 2.18 bits per heavy atom. The maximum Gasteiger partial charge on any atom is 0.220 e. The number of hydrogen-bond donors (Lipinski definition) is 1. The van der Waals surface area contributed by atoms with Crippen molar-refractivity contribution in [2.24, 2.45) is 5.92 Å². The van der Waals surface area contributed by atoms with Crippen LogP contribution in [0.5, 0.6) is 0 Å². The van der Waals surface area contributed by atoms with Crippen LogP contribution in [0.4, 0.5) is 5.82 Å². The summed E-state index contributed by atoms with van der Waals surface area (Å²) in [4.78, 5) is 24.4. The standard InChI is InChI=1S/C29H34N4O/c1-20-8-12-23(13-9-20)27-28(24-14-10-21(2)11-15-24)32-29-25(31-27)7-5-17-33(29)16-4-3-6-22-18-26(34)30-19-22/h8-15,22H,3-7,16-19H2,1-2H3,(H,30,34). The van der Waals surface area contributed by atoms with Gasteiger partial charge in [-0.15, -0.1) is 0 Å². The van der Waals surface area contributed by atoms with Gasteiger partial charge in [-0.2, -0.15) is 0 Å². The van der Waals surface area contributed by atoms with Crippen LogP contribution in [0.1, 0.15) is 48.9 Å². The average Bonchev–Trinajstić information content (AvgIpc) is 3.27. The molecule has 0 bridgehead atoms. The fourth-order valence-corrected chi connectivity index (χ4v) is 5.07. The molecular formula is C29H34N4O. The number of carbonyl (C=O) groups excluding carboxylic acids is 1. The van der Waals surface area contributed by atoms with Crippen molar-refractivity contribution >= 4 is 11.7 Å². The lowest BCUT2D eigenvalue weighted by molar-refractivity contribution is -0.119. The van der Waals surface area contributed by atoms with Gasteiger partial charge in [-0.3, -0.25) is 4.79 Å². The minimum Gasteiger partial charge on any atom is -0.356 e. The number of benzene rings is 2. The van der Waals surface area contributed by atoms with Crippen LogP contribution in [0, 0.1) is 19.8 Å². The molecule has 2 aromatic carbocycles. The van der Waals surface area contributed by atoms with E-state index in [4.69, 9.17) is 9.97 Å². The van der Waals surface area contributed by atoms with Crippen molar-refractivity contribution in [1.82, 2.24) is 15.3 Å². The van der Waals surface area contributed by atoms with Gasteiger partial charge in [0.1, 0.15) is 0 Å². The first-order valence-electron chi connectivity index (χ1n) is 12.6. The monoisotopic (exact) mass is 454 g/mol. The molecule has 3 aromatic rings. The second kappa shape index (κ2) is 9.96. The zero-order valence-corrected chi connectivity index (χ0v) is 20.3. The van der Waals surface area contributed by atoms with Crippen LogP contribution >= 0.6 is 0 Å². The van der Waals surface area contributed by atoms with Gasteiger partial charge < -0.3 is 10.2 Å². The van der Waals surface area contributed by atoms with E-state index in [1.54, 1.807) is 0 Å². The van der Waals surface area contributed by atoms with Gasteiger partial charge in [-0.1, -0.05) is 66.1 Å². The van der Waals surface area contributed by atoms with Crippen LogP contribution in [0.3, 0.4) is 0 Å². The minimum atomic E-state index is 0.207. The van der Waals surface area contributed by atoms with Crippen molar-refractivity contribution in [3.8, 4) is 22.5 Å². The molecule has 0 spiro atoms. The van der Waals surface area contributed by atoms with E-state index < -0.39 is 0 Å². The topological polar surface area (TPSA) is 58.1 Å². The van der Waals surface area contributed by atoms with E-state index in [2.05, 4.69) is 72.6 Å². The Bertz CT molecular complexity index is 1150. The lowest BCUT2D eigenvalue weighted by atomic mass is 10.00. The van der Waals surface area contributed by atoms with E-state index in [0.717, 1.165) is 85.8 Å². The smallest absolute Gasteiger partial charge is 0.220 e. The van der Waals surface area contributed by atoms with Crippen molar-refractivity contribution < 1.29 is 4.79 Å². The number of unbranched alkanes of at least 4 members (excludes halogenated alkanes) is 1. The zero-order chi connectivity index (χ0) is 23.5. The highest BCUT2D eigenvalue weighted by atomic mass is 16.1. The van der Waals surface area contributed by atoms with Crippen molar-refractivity contribution in [2.75, 3.05) is 24.5 Å². The largest absolute Gasteiger partial charge is 0.356 e. The Morgan fingerprint density at radius 2 is 1.56 bits per heavy atom. The SMILES string of the molecule is Cc1ccc(-c2nc3c(nc2-c2ccc(C)cc2)N(CCCCC2CNC(=O)C2)CCC3)cc1. The Balaban J connectivity index is 1.41. The first-order chi connectivity index (χ1) is 16.6. The summed E-state index contributed by atoms with van der Waals surface area (Å²) in [7, 11) is 0. The Labute approximate surface area is 202 Å². The van der Waals surface area contributed by atoms with E-state index in [-0.39, 0.29) is 5.91 Å². The van der Waals surface area contributed by atoms with Gasteiger partial charge in [-0.25, -0.2) is 9.97 Å². The van der Waals surface area contributed by atoms with E-state index in [9.17, 15) is 4.79 Å². The summed E-state index contributed by atoms with van der Waals surface area (Å²) in [6.45, 7) is 7.10. The van der Waals surface area contributed by atoms with Crippen LogP contribution < -0.4 is 10.2 Å². The fraction of sp³-hybridized carbons (Fsp3) is 0.414. The molecule has 5 rings (SSSR count). The average molecular weight is 455 g/mol. The number of carbonyl (C=O) groups is 1. The third kappa shape index (κ3) is 4.98. The number of anilines is 1. The highest BCUT2D eigenvalue weighted by molar-refractivity contribution is 5.80. The van der Waals surface area contributed by atoms with E-state index in [1.165, 1.54) is 11.1 Å². The van der Waals surface area contributed by atoms with Crippen LogP contribution in [0.2, 0.25) is 0 Å². The molecule has 1 amide bonds. The predicted octanol–water partition coefficient (Wildman–Crippen LogP) is 5.49. The molecule has 1 unspecified atom stereocenters. The van der Waals surface area contributed by atoms with Crippen LogP contribution in [-0.2, 0) is 11.2 Å². The number of nitrogens with zero attached hydrogens (tertiary/aromatic N) is 3. The van der Waals surface area contributed by atoms with Crippen molar-refractivity contribution in [1.29, 1.82) is 0 Å². The van der Waals surface area contributed by atoms with Crippen LogP contribution in [0.25, 0.3) is 22.5 Å². The van der Waals surface area contributed by atoms with Crippen molar-refractivity contribution in [2.45, 2.75) is 52.4 Å². The summed E-state index contributed by atoms with van der Waals surface area (Å²) in [5, 5.41) is 2.95. The van der Waals surface area contributed by atoms with Gasteiger partial charge in [0, 0.05) is 37.2 Å². The highest BCUT2D eigenvalue weighted by Gasteiger charge is 2.24. The van der Waals surface area contributed by atoms with E-state index >= 15 is 0 Å². The molecule has 5 heteroatoms. The first kappa shape index (κ1) is 22.6. The quantitative estimate of drug-likeness (QED) is 0.480. The summed E-state index contributed by atoms with van der Waals surface area (Å²) in [6, 6.07) is 17.2. The maximum absolute atomic E-state index is 11.5. The first-order valence-corrected chi connectivity index (χ1v) is 12.6. The van der Waals surface area contributed by atoms with Gasteiger partial charge in [0.25, 0.3) is 0 Å². The number of nitrogens with one attached hydrogen (secondary N) is 1. The third-order valence-electron chi connectivity index (χ3n) is 7.09. The molecule has 3 heterocycles. The molecule has 1 fully saturated rings. The molecule has 34 heavy (non-hydrogen) atoms. The number of amides is 1. The Morgan fingerprint density at radius 1 is 0.912 bits per heavy atom. The number of aryl methyl sites for hydroxylation is 3. The van der Waals surface area contributed by atoms with Crippen LogP contribution in [-0.4, -0.2) is 35.5 Å². The lowest BCUT2D eigenvalue weighted by Gasteiger charge is -2.30. The molecule has 0 aliphatic carbocycles. The van der Waals surface area contributed by atoms with E-state index in [0.29, 0.717) is 12.3 Å². The summed E-state index contributed by atoms with van der Waals surface area (Å²) in [5.41, 5.74) is 7.77. The van der Waals surface area contributed by atoms with Gasteiger partial charge >= 0.3 is 0 Å². The molecule has 0 radical (unpaired) electrons.